The third-order valence-corrected chi connectivity index (χ3v) is 5.77. The summed E-state index contributed by atoms with van der Waals surface area (Å²) in [6.45, 7) is 15.2. The zero-order valence-electron chi connectivity index (χ0n) is 25.1. The minimum atomic E-state index is -4.40. The van der Waals surface area contributed by atoms with Crippen molar-refractivity contribution in [1.29, 1.82) is 0 Å². The molecular formula is C32H44F3N5. The van der Waals surface area contributed by atoms with Gasteiger partial charge in [0.15, 0.2) is 0 Å². The first kappa shape index (κ1) is 34.4. The fraction of sp³-hybridized carbons (Fsp3) is 0.375. The molecule has 2 aromatic carbocycles. The van der Waals surface area contributed by atoms with Crippen LogP contribution in [-0.4, -0.2) is 43.3 Å². The highest BCUT2D eigenvalue weighted by atomic mass is 19.4. The second kappa shape index (κ2) is 17.1. The average Bonchev–Trinajstić information content (AvgIpc) is 2.93. The molecule has 40 heavy (non-hydrogen) atoms. The Hall–Kier alpha value is -3.65. The summed E-state index contributed by atoms with van der Waals surface area (Å²) < 4.78 is 38.6. The summed E-state index contributed by atoms with van der Waals surface area (Å²) in [5.41, 5.74) is 5.18. The third-order valence-electron chi connectivity index (χ3n) is 5.77. The molecule has 0 aliphatic rings. The smallest absolute Gasteiger partial charge is 0.342 e. The number of aryl methyl sites for hydroxylation is 1. The van der Waals surface area contributed by atoms with Gasteiger partial charge in [-0.1, -0.05) is 52.0 Å². The Bertz CT molecular complexity index is 1220. The van der Waals surface area contributed by atoms with Gasteiger partial charge in [-0.25, -0.2) is 0 Å². The van der Waals surface area contributed by atoms with E-state index in [4.69, 9.17) is 0 Å². The van der Waals surface area contributed by atoms with Crippen molar-refractivity contribution in [3.05, 3.63) is 90.0 Å². The van der Waals surface area contributed by atoms with Crippen molar-refractivity contribution in [2.75, 3.05) is 38.3 Å². The molecule has 0 atom stereocenters. The van der Waals surface area contributed by atoms with E-state index in [1.807, 2.05) is 58.0 Å². The standard InChI is InChI=1S/C24H23F3N4.C6H15N.C2H6/c1-15(28-4)23-16(2)29-13-12-22(23)18-8-10-20(11-9-18)30-17(3)31-21-7-5-6-19(14-21)24(25,26)27;1-4-5-6-7(2)3;1-2/h5-14,30-31H,3H2,1-2,4H3;4-6H2,1-3H3;1-2H3. The molecule has 1 aromatic heterocycles. The Morgan fingerprint density at radius 3 is 2.15 bits per heavy atom. The summed E-state index contributed by atoms with van der Waals surface area (Å²) >= 11 is 0. The number of benzene rings is 2. The van der Waals surface area contributed by atoms with Crippen LogP contribution >= 0.6 is 0 Å². The number of aromatic nitrogens is 1. The van der Waals surface area contributed by atoms with Crippen LogP contribution in [0.3, 0.4) is 0 Å². The molecule has 0 fully saturated rings. The van der Waals surface area contributed by atoms with Crippen LogP contribution in [0.25, 0.3) is 11.1 Å². The lowest BCUT2D eigenvalue weighted by molar-refractivity contribution is -0.137. The largest absolute Gasteiger partial charge is 0.416 e. The summed E-state index contributed by atoms with van der Waals surface area (Å²) in [5.74, 6) is 0.362. The summed E-state index contributed by atoms with van der Waals surface area (Å²) in [4.78, 5) is 10.9. The van der Waals surface area contributed by atoms with Gasteiger partial charge in [-0.15, -0.1) is 0 Å². The van der Waals surface area contributed by atoms with Gasteiger partial charge in [0, 0.05) is 41.6 Å². The summed E-state index contributed by atoms with van der Waals surface area (Å²) in [7, 11) is 5.97. The Morgan fingerprint density at radius 1 is 1.00 bits per heavy atom. The first-order valence-electron chi connectivity index (χ1n) is 13.5. The maximum Gasteiger partial charge on any atom is 0.416 e. The van der Waals surface area contributed by atoms with Crippen molar-refractivity contribution in [2.24, 2.45) is 4.99 Å². The molecule has 0 saturated heterocycles. The van der Waals surface area contributed by atoms with Crippen LogP contribution in [0.1, 0.15) is 57.4 Å². The zero-order chi connectivity index (χ0) is 30.3. The van der Waals surface area contributed by atoms with Gasteiger partial charge in [0.05, 0.1) is 5.56 Å². The number of hydrogen-bond donors (Lipinski definition) is 2. The van der Waals surface area contributed by atoms with Crippen LogP contribution < -0.4 is 10.6 Å². The van der Waals surface area contributed by atoms with Crippen LogP contribution in [0.2, 0.25) is 0 Å². The van der Waals surface area contributed by atoms with Gasteiger partial charge in [0.1, 0.15) is 5.82 Å². The van der Waals surface area contributed by atoms with E-state index in [0.717, 1.165) is 45.9 Å². The van der Waals surface area contributed by atoms with Crippen molar-refractivity contribution in [2.45, 2.75) is 53.6 Å². The zero-order valence-corrected chi connectivity index (χ0v) is 25.1. The summed E-state index contributed by atoms with van der Waals surface area (Å²) in [6.07, 6.45) is 0.00255. The molecule has 0 unspecified atom stereocenters. The number of pyridine rings is 1. The monoisotopic (exact) mass is 555 g/mol. The molecule has 0 aliphatic carbocycles. The van der Waals surface area contributed by atoms with Gasteiger partial charge < -0.3 is 15.5 Å². The number of halogens is 3. The number of aliphatic imine (C=N–C) groups is 1. The minimum Gasteiger partial charge on any atom is -0.342 e. The fourth-order valence-corrected chi connectivity index (χ4v) is 3.74. The Morgan fingerprint density at radius 2 is 1.62 bits per heavy atom. The molecular weight excluding hydrogens is 511 g/mol. The van der Waals surface area contributed by atoms with E-state index in [0.29, 0.717) is 11.5 Å². The fourth-order valence-electron chi connectivity index (χ4n) is 3.74. The van der Waals surface area contributed by atoms with E-state index in [9.17, 15) is 13.2 Å². The molecule has 0 bridgehead atoms. The van der Waals surface area contributed by atoms with Crippen LogP contribution in [0.15, 0.2) is 78.2 Å². The number of unbranched alkanes of at least 4 members (excludes halogenated alkanes) is 1. The SMILES string of the molecule is C=C(Nc1ccc(-c2ccnc(C)c2C(C)=NC)cc1)Nc1cccc(C(F)(F)F)c1.CC.CCCCN(C)C. The number of rotatable bonds is 9. The van der Waals surface area contributed by atoms with Gasteiger partial charge in [0.25, 0.3) is 0 Å². The first-order chi connectivity index (χ1) is 19.0. The van der Waals surface area contributed by atoms with Gasteiger partial charge in [-0.3, -0.25) is 9.98 Å². The molecule has 218 valence electrons. The number of alkyl halides is 3. The van der Waals surface area contributed by atoms with Crippen molar-refractivity contribution < 1.29 is 13.2 Å². The summed E-state index contributed by atoms with van der Waals surface area (Å²) in [5, 5.41) is 5.92. The maximum atomic E-state index is 12.9. The van der Waals surface area contributed by atoms with E-state index in [2.05, 4.69) is 53.1 Å². The predicted octanol–water partition coefficient (Wildman–Crippen LogP) is 8.88. The van der Waals surface area contributed by atoms with E-state index < -0.39 is 11.7 Å². The Balaban J connectivity index is 0.000000775. The molecule has 2 N–H and O–H groups in total. The van der Waals surface area contributed by atoms with Gasteiger partial charge in [-0.2, -0.15) is 13.2 Å². The van der Waals surface area contributed by atoms with Crippen LogP contribution in [-0.2, 0) is 6.18 Å². The second-order valence-electron chi connectivity index (χ2n) is 9.17. The summed E-state index contributed by atoms with van der Waals surface area (Å²) in [6, 6.07) is 14.6. The molecule has 3 aromatic rings. The Labute approximate surface area is 238 Å². The molecule has 0 amide bonds. The number of nitrogens with zero attached hydrogens (tertiary/aromatic N) is 3. The first-order valence-corrected chi connectivity index (χ1v) is 13.5. The highest BCUT2D eigenvalue weighted by molar-refractivity contribution is 6.05. The molecule has 5 nitrogen and oxygen atoms in total. The molecule has 0 aliphatic heterocycles. The van der Waals surface area contributed by atoms with Crippen molar-refractivity contribution in [1.82, 2.24) is 9.88 Å². The lowest BCUT2D eigenvalue weighted by Gasteiger charge is -2.15. The lowest BCUT2D eigenvalue weighted by atomic mass is 9.96. The van der Waals surface area contributed by atoms with Gasteiger partial charge in [0.2, 0.25) is 0 Å². The van der Waals surface area contributed by atoms with Crippen molar-refractivity contribution in [3.63, 3.8) is 0 Å². The quantitative estimate of drug-likeness (QED) is 0.259. The number of anilines is 2. The predicted molar refractivity (Wildman–Crippen MR) is 165 cm³/mol. The highest BCUT2D eigenvalue weighted by Crippen LogP contribution is 2.31. The van der Waals surface area contributed by atoms with Crippen LogP contribution in [0.5, 0.6) is 0 Å². The minimum absolute atomic E-state index is 0.301. The second-order valence-corrected chi connectivity index (χ2v) is 9.17. The molecule has 3 rings (SSSR count). The van der Waals surface area contributed by atoms with E-state index >= 15 is 0 Å². The molecule has 0 saturated carbocycles. The molecule has 0 radical (unpaired) electrons. The van der Waals surface area contributed by atoms with Crippen molar-refractivity contribution >= 4 is 17.1 Å². The average molecular weight is 556 g/mol. The highest BCUT2D eigenvalue weighted by Gasteiger charge is 2.30. The Kier molecular flexibility index (Phi) is 14.7. The lowest BCUT2D eigenvalue weighted by Crippen LogP contribution is -2.12. The molecule has 1 heterocycles. The van der Waals surface area contributed by atoms with E-state index in [1.165, 1.54) is 25.5 Å². The van der Waals surface area contributed by atoms with E-state index in [-0.39, 0.29) is 0 Å². The van der Waals surface area contributed by atoms with Crippen LogP contribution in [0.4, 0.5) is 24.5 Å². The number of nitrogens with one attached hydrogen (secondary N) is 2. The topological polar surface area (TPSA) is 52.6 Å². The number of hydrogen-bond acceptors (Lipinski definition) is 5. The van der Waals surface area contributed by atoms with Gasteiger partial charge in [-0.05, 0) is 88.4 Å². The van der Waals surface area contributed by atoms with Gasteiger partial charge >= 0.3 is 6.18 Å². The van der Waals surface area contributed by atoms with E-state index in [1.54, 1.807) is 19.3 Å². The van der Waals surface area contributed by atoms with Crippen LogP contribution in [0, 0.1) is 6.92 Å². The third kappa shape index (κ3) is 11.2. The van der Waals surface area contributed by atoms with Crippen molar-refractivity contribution in [3.8, 4) is 11.1 Å². The maximum absolute atomic E-state index is 12.9. The molecule has 8 heteroatoms. The normalized spacial score (nSPS) is 11.2. The molecule has 0 spiro atoms.